The van der Waals surface area contributed by atoms with Gasteiger partial charge in [0.15, 0.2) is 0 Å². The van der Waals surface area contributed by atoms with E-state index in [1.54, 1.807) is 36.7 Å². The Morgan fingerprint density at radius 1 is 1.10 bits per heavy atom. The molecule has 2 aromatic heterocycles. The van der Waals surface area contributed by atoms with Crippen molar-refractivity contribution in [3.63, 3.8) is 0 Å². The lowest BCUT2D eigenvalue weighted by atomic mass is 10.0. The first kappa shape index (κ1) is 20.4. The van der Waals surface area contributed by atoms with Crippen molar-refractivity contribution >= 4 is 38.1 Å². The van der Waals surface area contributed by atoms with Gasteiger partial charge in [0.1, 0.15) is 22.2 Å². The summed E-state index contributed by atoms with van der Waals surface area (Å²) in [4.78, 5) is 8.49. The largest absolute Gasteiger partial charge is 0.373 e. The second kappa shape index (κ2) is 8.10. The van der Waals surface area contributed by atoms with E-state index in [0.29, 0.717) is 11.4 Å². The molecule has 0 aliphatic carbocycles. The molecule has 4 rings (SSSR count). The zero-order chi connectivity index (χ0) is 21.3. The number of fused-ring (bicyclic) bond motifs is 1. The molecule has 0 radical (unpaired) electrons. The van der Waals surface area contributed by atoms with Gasteiger partial charge in [-0.05, 0) is 46.8 Å². The molecule has 0 saturated heterocycles. The molecule has 0 saturated carbocycles. The summed E-state index contributed by atoms with van der Waals surface area (Å²) in [6.07, 6.45) is 1.49. The third-order valence-electron chi connectivity index (χ3n) is 4.80. The standard InChI is InChI=1S/C21H19FN4O2S2/c1-23-21-17-11-15(6-8-19(17)24-13-25-21)14-5-7-18(22)16(10-14)12-26(2)30(27,28)20-4-3-9-29-20/h3-11,13H,12H2,1-2H3,(H,23,24,25). The number of nitrogens with one attached hydrogen (secondary N) is 1. The van der Waals surface area contributed by atoms with Crippen LogP contribution in [0.2, 0.25) is 0 Å². The quantitative estimate of drug-likeness (QED) is 0.480. The zero-order valence-corrected chi connectivity index (χ0v) is 18.0. The van der Waals surface area contributed by atoms with E-state index >= 15 is 0 Å². The van der Waals surface area contributed by atoms with E-state index in [1.807, 2.05) is 18.2 Å². The van der Waals surface area contributed by atoms with Crippen LogP contribution in [0.15, 0.2) is 64.4 Å². The van der Waals surface area contributed by atoms with Crippen LogP contribution in [0, 0.1) is 5.82 Å². The maximum absolute atomic E-state index is 14.5. The SMILES string of the molecule is CNc1ncnc2ccc(-c3ccc(F)c(CN(C)S(=O)(=O)c4cccs4)c3)cc12. The van der Waals surface area contributed by atoms with Crippen molar-refractivity contribution in [3.8, 4) is 11.1 Å². The summed E-state index contributed by atoms with van der Waals surface area (Å²) in [5.41, 5.74) is 2.73. The molecule has 2 heterocycles. The molecule has 1 N–H and O–H groups in total. The summed E-state index contributed by atoms with van der Waals surface area (Å²) in [5, 5.41) is 5.59. The van der Waals surface area contributed by atoms with Crippen LogP contribution in [0.5, 0.6) is 0 Å². The van der Waals surface area contributed by atoms with Gasteiger partial charge in [0.05, 0.1) is 5.52 Å². The summed E-state index contributed by atoms with van der Waals surface area (Å²) in [7, 11) is -0.427. The van der Waals surface area contributed by atoms with Crippen LogP contribution in [0.4, 0.5) is 10.2 Å². The number of rotatable bonds is 6. The predicted molar refractivity (Wildman–Crippen MR) is 117 cm³/mol. The summed E-state index contributed by atoms with van der Waals surface area (Å²) in [6.45, 7) is -0.0711. The van der Waals surface area contributed by atoms with E-state index in [9.17, 15) is 12.8 Å². The Kier molecular flexibility index (Phi) is 5.50. The van der Waals surface area contributed by atoms with E-state index in [1.165, 1.54) is 19.4 Å². The summed E-state index contributed by atoms with van der Waals surface area (Å²) >= 11 is 1.14. The molecule has 0 atom stereocenters. The van der Waals surface area contributed by atoms with Crippen LogP contribution in [0.25, 0.3) is 22.0 Å². The Hall–Kier alpha value is -2.88. The molecule has 9 heteroatoms. The first-order chi connectivity index (χ1) is 14.4. The van der Waals surface area contributed by atoms with Crippen molar-refractivity contribution < 1.29 is 12.8 Å². The van der Waals surface area contributed by atoms with Gasteiger partial charge in [-0.25, -0.2) is 22.8 Å². The van der Waals surface area contributed by atoms with E-state index in [4.69, 9.17) is 0 Å². The Morgan fingerprint density at radius 3 is 2.60 bits per heavy atom. The van der Waals surface area contributed by atoms with Crippen LogP contribution in [-0.2, 0) is 16.6 Å². The smallest absolute Gasteiger partial charge is 0.252 e. The Morgan fingerprint density at radius 2 is 1.87 bits per heavy atom. The highest BCUT2D eigenvalue weighted by Gasteiger charge is 2.23. The molecule has 0 spiro atoms. The lowest BCUT2D eigenvalue weighted by Crippen LogP contribution is -2.26. The van der Waals surface area contributed by atoms with Crippen LogP contribution < -0.4 is 5.32 Å². The molecule has 0 aliphatic heterocycles. The summed E-state index contributed by atoms with van der Waals surface area (Å²) in [6, 6.07) is 13.7. The summed E-state index contributed by atoms with van der Waals surface area (Å²) in [5.74, 6) is 0.248. The zero-order valence-electron chi connectivity index (χ0n) is 16.3. The molecular formula is C21H19FN4O2S2. The number of thiophene rings is 1. The van der Waals surface area contributed by atoms with Gasteiger partial charge in [-0.1, -0.05) is 18.2 Å². The van der Waals surface area contributed by atoms with Crippen molar-refractivity contribution in [2.45, 2.75) is 10.8 Å². The molecule has 6 nitrogen and oxygen atoms in total. The molecule has 2 aromatic carbocycles. The predicted octanol–water partition coefficient (Wildman–Crippen LogP) is 4.36. The molecule has 0 fully saturated rings. The van der Waals surface area contributed by atoms with Gasteiger partial charge < -0.3 is 5.32 Å². The number of benzene rings is 2. The topological polar surface area (TPSA) is 75.2 Å². The van der Waals surface area contributed by atoms with Crippen molar-refractivity contribution in [3.05, 3.63) is 71.6 Å². The van der Waals surface area contributed by atoms with Gasteiger partial charge >= 0.3 is 0 Å². The minimum absolute atomic E-state index is 0.0711. The minimum atomic E-state index is -3.67. The lowest BCUT2D eigenvalue weighted by molar-refractivity contribution is 0.458. The molecule has 0 amide bonds. The van der Waals surface area contributed by atoms with Gasteiger partial charge in [-0.3, -0.25) is 0 Å². The molecule has 30 heavy (non-hydrogen) atoms. The third-order valence-corrected chi connectivity index (χ3v) is 7.98. The fourth-order valence-electron chi connectivity index (χ4n) is 3.20. The number of sulfonamides is 1. The third kappa shape index (κ3) is 3.79. The monoisotopic (exact) mass is 442 g/mol. The Bertz CT molecular complexity index is 1310. The second-order valence-electron chi connectivity index (χ2n) is 6.70. The summed E-state index contributed by atoms with van der Waals surface area (Å²) < 4.78 is 41.2. The van der Waals surface area contributed by atoms with E-state index in [0.717, 1.165) is 37.7 Å². The van der Waals surface area contributed by atoms with Gasteiger partial charge in [-0.15, -0.1) is 11.3 Å². The highest BCUT2D eigenvalue weighted by molar-refractivity contribution is 7.91. The molecule has 4 aromatic rings. The fourth-order valence-corrected chi connectivity index (χ4v) is 5.55. The van der Waals surface area contributed by atoms with E-state index in [-0.39, 0.29) is 10.8 Å². The van der Waals surface area contributed by atoms with Crippen molar-refractivity contribution in [1.82, 2.24) is 14.3 Å². The fraction of sp³-hybridized carbons (Fsp3) is 0.143. The van der Waals surface area contributed by atoms with Gasteiger partial charge in [0, 0.05) is 31.6 Å². The van der Waals surface area contributed by atoms with Crippen LogP contribution in [-0.4, -0.2) is 36.8 Å². The van der Waals surface area contributed by atoms with Crippen molar-refractivity contribution in [2.75, 3.05) is 19.4 Å². The van der Waals surface area contributed by atoms with Crippen molar-refractivity contribution in [2.24, 2.45) is 0 Å². The van der Waals surface area contributed by atoms with Gasteiger partial charge in [0.2, 0.25) is 0 Å². The van der Waals surface area contributed by atoms with Crippen LogP contribution >= 0.6 is 11.3 Å². The van der Waals surface area contributed by atoms with Crippen molar-refractivity contribution in [1.29, 1.82) is 0 Å². The number of aromatic nitrogens is 2. The average molecular weight is 443 g/mol. The highest BCUT2D eigenvalue weighted by Crippen LogP contribution is 2.29. The van der Waals surface area contributed by atoms with E-state index < -0.39 is 15.8 Å². The second-order valence-corrected chi connectivity index (χ2v) is 9.92. The average Bonchev–Trinajstić information content (AvgIpc) is 3.30. The highest BCUT2D eigenvalue weighted by atomic mass is 32.2. The normalized spacial score (nSPS) is 11.9. The lowest BCUT2D eigenvalue weighted by Gasteiger charge is -2.17. The number of hydrogen-bond donors (Lipinski definition) is 1. The number of hydrogen-bond acceptors (Lipinski definition) is 6. The molecule has 154 valence electrons. The Labute approximate surface area is 178 Å². The van der Waals surface area contributed by atoms with Crippen LogP contribution in [0.1, 0.15) is 5.56 Å². The first-order valence-corrected chi connectivity index (χ1v) is 11.4. The first-order valence-electron chi connectivity index (χ1n) is 9.11. The molecule has 0 bridgehead atoms. The molecular weight excluding hydrogens is 423 g/mol. The molecule has 0 unspecified atom stereocenters. The minimum Gasteiger partial charge on any atom is -0.373 e. The van der Waals surface area contributed by atoms with Gasteiger partial charge in [-0.2, -0.15) is 4.31 Å². The van der Waals surface area contributed by atoms with Crippen LogP contribution in [0.3, 0.4) is 0 Å². The Balaban J connectivity index is 1.69. The van der Waals surface area contributed by atoms with E-state index in [2.05, 4.69) is 15.3 Å². The number of halogens is 1. The van der Waals surface area contributed by atoms with Gasteiger partial charge in [0.25, 0.3) is 10.0 Å². The maximum Gasteiger partial charge on any atom is 0.252 e. The number of nitrogens with zero attached hydrogens (tertiary/aromatic N) is 3. The number of anilines is 1. The maximum atomic E-state index is 14.5. The molecule has 0 aliphatic rings.